The first-order valence-corrected chi connectivity index (χ1v) is 15.2. The van der Waals surface area contributed by atoms with Gasteiger partial charge in [0, 0.05) is 18.0 Å². The molecule has 0 atom stereocenters. The number of hydrogen-bond donors (Lipinski definition) is 1. The lowest BCUT2D eigenvalue weighted by Crippen LogP contribution is -2.31. The minimum absolute atomic E-state index is 0.0548. The highest BCUT2D eigenvalue weighted by Gasteiger charge is 2.29. The maximum atomic E-state index is 13.2. The number of ether oxygens (including phenoxy) is 1. The molecule has 0 spiro atoms. The third-order valence-electron chi connectivity index (χ3n) is 7.05. The number of nitrogens with zero attached hydrogens (tertiary/aromatic N) is 2. The zero-order valence-electron chi connectivity index (χ0n) is 22.5. The summed E-state index contributed by atoms with van der Waals surface area (Å²) < 4.78 is 35.9. The molecule has 1 N–H and O–H groups in total. The van der Waals surface area contributed by atoms with E-state index >= 15 is 0 Å². The topological polar surface area (TPSA) is 90.3 Å². The molecular formula is C31H35N3O4S. The van der Waals surface area contributed by atoms with Crippen molar-refractivity contribution in [1.82, 2.24) is 14.3 Å². The van der Waals surface area contributed by atoms with Gasteiger partial charge in [-0.2, -0.15) is 0 Å². The van der Waals surface area contributed by atoms with Crippen LogP contribution in [-0.4, -0.2) is 30.7 Å². The Morgan fingerprint density at radius 3 is 2.46 bits per heavy atom. The number of para-hydroxylation sites is 2. The third kappa shape index (κ3) is 6.17. The van der Waals surface area contributed by atoms with Gasteiger partial charge in [-0.05, 0) is 66.6 Å². The standard InChI is InChI=1S/C31H35N3O4S/c1-3-5-19-38-31(35)33-39(36,37)29-18-13-22(8-4-2)20-26(29)24-14-11-23(12-15-24)21-34-28-10-7-6-9-27(28)32-30(34)25-16-17-25/h6-7,9-15,18,20,25H,3-5,8,16-17,19,21H2,1-2H3,(H,33,35). The second-order valence-electron chi connectivity index (χ2n) is 10.2. The number of carbonyl (C=O) groups excluding carboxylic acids is 1. The summed E-state index contributed by atoms with van der Waals surface area (Å²) >= 11 is 0. The van der Waals surface area contributed by atoms with Crippen LogP contribution in [0.2, 0.25) is 0 Å². The normalized spacial score (nSPS) is 13.5. The summed E-state index contributed by atoms with van der Waals surface area (Å²) in [5, 5.41) is 0. The SMILES string of the molecule is CCCCOC(=O)NS(=O)(=O)c1ccc(CCC)cc1-c1ccc(Cn2c(C3CC3)nc3ccccc32)cc1. The Bertz CT molecular complexity index is 1570. The molecular weight excluding hydrogens is 510 g/mol. The van der Waals surface area contributed by atoms with Crippen LogP contribution in [-0.2, 0) is 27.7 Å². The molecule has 1 saturated carbocycles. The zero-order valence-corrected chi connectivity index (χ0v) is 23.3. The number of unbranched alkanes of at least 4 members (excludes halogenated alkanes) is 1. The van der Waals surface area contributed by atoms with E-state index in [9.17, 15) is 13.2 Å². The fourth-order valence-electron chi connectivity index (χ4n) is 4.87. The van der Waals surface area contributed by atoms with Gasteiger partial charge in [-0.3, -0.25) is 0 Å². The van der Waals surface area contributed by atoms with Gasteiger partial charge in [0.15, 0.2) is 0 Å². The molecule has 0 aliphatic heterocycles. The average Bonchev–Trinajstić information content (AvgIpc) is 3.71. The summed E-state index contributed by atoms with van der Waals surface area (Å²) in [6.07, 6.45) is 4.68. The summed E-state index contributed by atoms with van der Waals surface area (Å²) in [5.41, 5.74) is 5.62. The highest BCUT2D eigenvalue weighted by atomic mass is 32.2. The second-order valence-corrected chi connectivity index (χ2v) is 11.8. The Kier molecular flexibility index (Phi) is 8.02. The van der Waals surface area contributed by atoms with Crippen LogP contribution in [0, 0.1) is 0 Å². The van der Waals surface area contributed by atoms with Crippen molar-refractivity contribution in [3.8, 4) is 11.1 Å². The lowest BCUT2D eigenvalue weighted by atomic mass is 10.00. The molecule has 5 rings (SSSR count). The van der Waals surface area contributed by atoms with Gasteiger partial charge in [-0.1, -0.05) is 69.2 Å². The van der Waals surface area contributed by atoms with Crippen molar-refractivity contribution in [2.24, 2.45) is 0 Å². The van der Waals surface area contributed by atoms with E-state index in [0.717, 1.165) is 52.8 Å². The second kappa shape index (κ2) is 11.6. The number of aryl methyl sites for hydroxylation is 1. The van der Waals surface area contributed by atoms with E-state index in [-0.39, 0.29) is 11.5 Å². The van der Waals surface area contributed by atoms with Crippen molar-refractivity contribution >= 4 is 27.1 Å². The fraction of sp³-hybridized carbons (Fsp3) is 0.355. The number of nitrogens with one attached hydrogen (secondary N) is 1. The van der Waals surface area contributed by atoms with Gasteiger partial charge in [-0.15, -0.1) is 0 Å². The van der Waals surface area contributed by atoms with E-state index in [1.807, 2.05) is 55.5 Å². The summed E-state index contributed by atoms with van der Waals surface area (Å²) in [7, 11) is -4.13. The van der Waals surface area contributed by atoms with Crippen LogP contribution in [0.25, 0.3) is 22.2 Å². The van der Waals surface area contributed by atoms with Crippen LogP contribution in [0.4, 0.5) is 4.79 Å². The summed E-state index contributed by atoms with van der Waals surface area (Å²) in [6, 6.07) is 21.5. The first-order chi connectivity index (χ1) is 18.9. The van der Waals surface area contributed by atoms with Crippen LogP contribution in [0.5, 0.6) is 0 Å². The van der Waals surface area contributed by atoms with Gasteiger partial charge in [0.1, 0.15) is 5.82 Å². The molecule has 7 nitrogen and oxygen atoms in total. The highest BCUT2D eigenvalue weighted by molar-refractivity contribution is 7.90. The molecule has 0 saturated heterocycles. The molecule has 4 aromatic rings. The van der Waals surface area contributed by atoms with Crippen molar-refractivity contribution in [3.05, 3.63) is 83.7 Å². The van der Waals surface area contributed by atoms with E-state index < -0.39 is 16.1 Å². The van der Waals surface area contributed by atoms with Gasteiger partial charge < -0.3 is 9.30 Å². The lowest BCUT2D eigenvalue weighted by Gasteiger charge is -2.15. The monoisotopic (exact) mass is 545 g/mol. The van der Waals surface area contributed by atoms with E-state index in [4.69, 9.17) is 9.72 Å². The predicted molar refractivity (Wildman–Crippen MR) is 153 cm³/mol. The van der Waals surface area contributed by atoms with Crippen LogP contribution < -0.4 is 4.72 Å². The number of imidazole rings is 1. The maximum absolute atomic E-state index is 13.2. The smallest absolute Gasteiger partial charge is 0.421 e. The van der Waals surface area contributed by atoms with Crippen LogP contribution in [0.3, 0.4) is 0 Å². The average molecular weight is 546 g/mol. The van der Waals surface area contributed by atoms with Crippen molar-refractivity contribution < 1.29 is 17.9 Å². The minimum atomic E-state index is -4.13. The number of sulfonamides is 1. The van der Waals surface area contributed by atoms with Gasteiger partial charge >= 0.3 is 6.09 Å². The van der Waals surface area contributed by atoms with Crippen molar-refractivity contribution in [2.45, 2.75) is 69.7 Å². The lowest BCUT2D eigenvalue weighted by molar-refractivity contribution is 0.151. The van der Waals surface area contributed by atoms with E-state index in [2.05, 4.69) is 28.3 Å². The van der Waals surface area contributed by atoms with E-state index in [0.29, 0.717) is 24.4 Å². The van der Waals surface area contributed by atoms with Crippen LogP contribution >= 0.6 is 0 Å². The molecule has 1 amide bonds. The van der Waals surface area contributed by atoms with Crippen LogP contribution in [0.15, 0.2) is 71.6 Å². The summed E-state index contributed by atoms with van der Waals surface area (Å²) in [6.45, 7) is 4.93. The summed E-state index contributed by atoms with van der Waals surface area (Å²) in [4.78, 5) is 17.1. The largest absolute Gasteiger partial charge is 0.449 e. The zero-order chi connectivity index (χ0) is 27.4. The van der Waals surface area contributed by atoms with E-state index in [1.54, 1.807) is 6.07 Å². The maximum Gasteiger partial charge on any atom is 0.421 e. The molecule has 1 aliphatic carbocycles. The third-order valence-corrected chi connectivity index (χ3v) is 8.42. The molecule has 1 fully saturated rings. The van der Waals surface area contributed by atoms with E-state index in [1.165, 1.54) is 12.8 Å². The fourth-order valence-corrected chi connectivity index (χ4v) is 5.97. The Morgan fingerprint density at radius 1 is 1.00 bits per heavy atom. The first kappa shape index (κ1) is 26.9. The molecule has 1 aliphatic rings. The molecule has 0 radical (unpaired) electrons. The Labute approximate surface area is 230 Å². The van der Waals surface area contributed by atoms with Crippen molar-refractivity contribution in [1.29, 1.82) is 0 Å². The molecule has 39 heavy (non-hydrogen) atoms. The number of amides is 1. The number of hydrogen-bond acceptors (Lipinski definition) is 5. The van der Waals surface area contributed by atoms with Crippen molar-refractivity contribution in [3.63, 3.8) is 0 Å². The molecule has 0 unspecified atom stereocenters. The number of rotatable bonds is 11. The number of aromatic nitrogens is 2. The summed E-state index contributed by atoms with van der Waals surface area (Å²) in [5.74, 6) is 1.66. The number of carbonyl (C=O) groups is 1. The highest BCUT2D eigenvalue weighted by Crippen LogP contribution is 2.41. The van der Waals surface area contributed by atoms with Gasteiger partial charge in [0.05, 0.1) is 22.5 Å². The van der Waals surface area contributed by atoms with Crippen LogP contribution in [0.1, 0.15) is 68.8 Å². The molecule has 1 aromatic heterocycles. The molecule has 0 bridgehead atoms. The number of benzene rings is 3. The quantitative estimate of drug-likeness (QED) is 0.209. The molecule has 1 heterocycles. The Hall–Kier alpha value is -3.65. The molecule has 8 heteroatoms. The minimum Gasteiger partial charge on any atom is -0.449 e. The van der Waals surface area contributed by atoms with Gasteiger partial charge in [0.2, 0.25) is 0 Å². The Balaban J connectivity index is 1.44. The van der Waals surface area contributed by atoms with Gasteiger partial charge in [0.25, 0.3) is 10.0 Å². The predicted octanol–water partition coefficient (Wildman–Crippen LogP) is 6.80. The molecule has 204 valence electrons. The Morgan fingerprint density at radius 2 is 1.74 bits per heavy atom. The van der Waals surface area contributed by atoms with Crippen molar-refractivity contribution in [2.75, 3.05) is 6.61 Å². The molecule has 3 aromatic carbocycles. The van der Waals surface area contributed by atoms with Gasteiger partial charge in [-0.25, -0.2) is 22.9 Å². The number of fused-ring (bicyclic) bond motifs is 1. The first-order valence-electron chi connectivity index (χ1n) is 13.8.